The highest BCUT2D eigenvalue weighted by Gasteiger charge is 2.19. The minimum Gasteiger partial charge on any atom is -0.314 e. The van der Waals surface area contributed by atoms with Gasteiger partial charge in [0.2, 0.25) is 0 Å². The largest absolute Gasteiger partial charge is 0.314 e. The predicted octanol–water partition coefficient (Wildman–Crippen LogP) is 2.28. The molecule has 2 unspecified atom stereocenters. The van der Waals surface area contributed by atoms with Crippen molar-refractivity contribution in [3.63, 3.8) is 0 Å². The zero-order valence-corrected chi connectivity index (χ0v) is 10.1. The van der Waals surface area contributed by atoms with Crippen molar-refractivity contribution >= 4 is 0 Å². The number of hydrogen-bond acceptors (Lipinski definition) is 3. The molecule has 0 spiro atoms. The number of aryl methyl sites for hydroxylation is 1. The van der Waals surface area contributed by atoms with Gasteiger partial charge in [0.15, 0.2) is 0 Å². The Bertz CT molecular complexity index is 299. The van der Waals surface area contributed by atoms with Crippen molar-refractivity contribution in [1.82, 2.24) is 15.3 Å². The molecule has 0 aliphatic rings. The smallest absolute Gasteiger partial charge is 0.0662 e. The van der Waals surface area contributed by atoms with Gasteiger partial charge >= 0.3 is 0 Å². The van der Waals surface area contributed by atoms with Crippen LogP contribution in [0.25, 0.3) is 0 Å². The highest BCUT2D eigenvalue weighted by Crippen LogP contribution is 2.22. The van der Waals surface area contributed by atoms with Gasteiger partial charge in [0.05, 0.1) is 11.4 Å². The summed E-state index contributed by atoms with van der Waals surface area (Å²) < 4.78 is 0. The van der Waals surface area contributed by atoms with E-state index in [0.717, 1.165) is 24.4 Å². The molecule has 0 aromatic carbocycles. The number of likely N-dealkylation sites (N-methyl/N-ethyl adjacent to an activating group) is 1. The molecule has 1 aromatic rings. The lowest BCUT2D eigenvalue weighted by molar-refractivity contribution is 0.450. The summed E-state index contributed by atoms with van der Waals surface area (Å²) in [6.45, 7) is 9.58. The monoisotopic (exact) mass is 207 g/mol. The molecule has 0 aliphatic carbocycles. The average molecular weight is 207 g/mol. The van der Waals surface area contributed by atoms with Crippen LogP contribution in [0.2, 0.25) is 0 Å². The molecular formula is C12H21N3. The maximum Gasteiger partial charge on any atom is 0.0662 e. The summed E-state index contributed by atoms with van der Waals surface area (Å²) in [5.74, 6) is 0.457. The Labute approximate surface area is 92.3 Å². The topological polar surface area (TPSA) is 37.8 Å². The lowest BCUT2D eigenvalue weighted by Gasteiger charge is -2.23. The molecule has 3 heteroatoms. The van der Waals surface area contributed by atoms with E-state index in [1.807, 2.05) is 6.92 Å². The first kappa shape index (κ1) is 12.1. The molecule has 0 saturated heterocycles. The fourth-order valence-electron chi connectivity index (χ4n) is 2.03. The van der Waals surface area contributed by atoms with E-state index in [2.05, 4.69) is 36.1 Å². The Morgan fingerprint density at radius 1 is 1.27 bits per heavy atom. The summed E-state index contributed by atoms with van der Waals surface area (Å²) in [7, 11) is 0. The fraction of sp³-hybridized carbons (Fsp3) is 0.667. The van der Waals surface area contributed by atoms with E-state index < -0.39 is 0 Å². The summed E-state index contributed by atoms with van der Waals surface area (Å²) in [4.78, 5) is 8.75. The van der Waals surface area contributed by atoms with Crippen molar-refractivity contribution in [2.75, 3.05) is 6.54 Å². The number of hydrogen-bond donors (Lipinski definition) is 1. The molecule has 0 aliphatic heterocycles. The molecule has 0 saturated carbocycles. The number of nitrogens with one attached hydrogen (secondary N) is 1. The second-order valence-electron chi connectivity index (χ2n) is 3.89. The van der Waals surface area contributed by atoms with E-state index >= 15 is 0 Å². The van der Waals surface area contributed by atoms with Gasteiger partial charge in [0, 0.05) is 24.4 Å². The molecule has 1 N–H and O–H groups in total. The summed E-state index contributed by atoms with van der Waals surface area (Å²) in [6.07, 6.45) is 4.63. The Kier molecular flexibility index (Phi) is 4.69. The van der Waals surface area contributed by atoms with Crippen LogP contribution in [0.1, 0.15) is 44.5 Å². The SMILES string of the molecule is CCNC(C)C(CC)c1nccnc1C. The van der Waals surface area contributed by atoms with E-state index in [-0.39, 0.29) is 0 Å². The zero-order chi connectivity index (χ0) is 11.3. The molecular weight excluding hydrogens is 186 g/mol. The quantitative estimate of drug-likeness (QED) is 0.805. The predicted molar refractivity (Wildman–Crippen MR) is 62.9 cm³/mol. The van der Waals surface area contributed by atoms with E-state index in [1.54, 1.807) is 12.4 Å². The van der Waals surface area contributed by atoms with Crippen LogP contribution in [0, 0.1) is 6.92 Å². The normalized spacial score (nSPS) is 14.9. The summed E-state index contributed by atoms with van der Waals surface area (Å²) >= 11 is 0. The highest BCUT2D eigenvalue weighted by molar-refractivity contribution is 5.15. The van der Waals surface area contributed by atoms with E-state index in [1.165, 1.54) is 0 Å². The van der Waals surface area contributed by atoms with Crippen LogP contribution in [0.15, 0.2) is 12.4 Å². The van der Waals surface area contributed by atoms with Crippen molar-refractivity contribution in [1.29, 1.82) is 0 Å². The highest BCUT2D eigenvalue weighted by atomic mass is 14.9. The van der Waals surface area contributed by atoms with Gasteiger partial charge in [-0.25, -0.2) is 0 Å². The van der Waals surface area contributed by atoms with Gasteiger partial charge in [-0.1, -0.05) is 13.8 Å². The first-order valence-corrected chi connectivity index (χ1v) is 5.71. The third kappa shape index (κ3) is 2.99. The maximum absolute atomic E-state index is 4.45. The zero-order valence-electron chi connectivity index (χ0n) is 10.1. The van der Waals surface area contributed by atoms with Crippen molar-refractivity contribution in [3.8, 4) is 0 Å². The van der Waals surface area contributed by atoms with Gasteiger partial charge < -0.3 is 5.32 Å². The van der Waals surface area contributed by atoms with Crippen molar-refractivity contribution in [2.45, 2.75) is 46.1 Å². The first-order valence-electron chi connectivity index (χ1n) is 5.71. The molecule has 15 heavy (non-hydrogen) atoms. The van der Waals surface area contributed by atoms with Gasteiger partial charge in [-0.3, -0.25) is 9.97 Å². The molecule has 3 nitrogen and oxygen atoms in total. The van der Waals surface area contributed by atoms with E-state index in [9.17, 15) is 0 Å². The third-order valence-corrected chi connectivity index (χ3v) is 2.84. The average Bonchev–Trinajstić information content (AvgIpc) is 2.22. The fourth-order valence-corrected chi connectivity index (χ4v) is 2.03. The Morgan fingerprint density at radius 3 is 2.47 bits per heavy atom. The molecule has 1 rings (SSSR count). The maximum atomic E-state index is 4.45. The van der Waals surface area contributed by atoms with Crippen LogP contribution in [-0.2, 0) is 0 Å². The van der Waals surface area contributed by atoms with Crippen molar-refractivity contribution in [3.05, 3.63) is 23.8 Å². The molecule has 0 bridgehead atoms. The van der Waals surface area contributed by atoms with Crippen LogP contribution in [-0.4, -0.2) is 22.6 Å². The van der Waals surface area contributed by atoms with Crippen LogP contribution < -0.4 is 5.32 Å². The van der Waals surface area contributed by atoms with Crippen molar-refractivity contribution < 1.29 is 0 Å². The van der Waals surface area contributed by atoms with Gasteiger partial charge in [0.25, 0.3) is 0 Å². The first-order chi connectivity index (χ1) is 7.20. The lowest BCUT2D eigenvalue weighted by Crippen LogP contribution is -2.32. The van der Waals surface area contributed by atoms with Gasteiger partial charge in [-0.15, -0.1) is 0 Å². The molecule has 0 amide bonds. The standard InChI is InChI=1S/C12H21N3/c1-5-11(9(3)13-6-2)12-10(4)14-7-8-15-12/h7-9,11,13H,5-6H2,1-4H3. The van der Waals surface area contributed by atoms with Gasteiger partial charge in [-0.05, 0) is 26.8 Å². The van der Waals surface area contributed by atoms with Gasteiger partial charge in [0.1, 0.15) is 0 Å². The Hall–Kier alpha value is -0.960. The molecule has 1 heterocycles. The second kappa shape index (κ2) is 5.81. The van der Waals surface area contributed by atoms with Crippen LogP contribution in [0.5, 0.6) is 0 Å². The third-order valence-electron chi connectivity index (χ3n) is 2.84. The molecule has 1 aromatic heterocycles. The number of rotatable bonds is 5. The van der Waals surface area contributed by atoms with Crippen LogP contribution in [0.3, 0.4) is 0 Å². The van der Waals surface area contributed by atoms with Crippen LogP contribution >= 0.6 is 0 Å². The Morgan fingerprint density at radius 2 is 1.93 bits per heavy atom. The van der Waals surface area contributed by atoms with E-state index in [0.29, 0.717) is 12.0 Å². The summed E-state index contributed by atoms with van der Waals surface area (Å²) in [6, 6.07) is 0.454. The van der Waals surface area contributed by atoms with E-state index in [4.69, 9.17) is 0 Å². The second-order valence-corrected chi connectivity index (χ2v) is 3.89. The molecule has 0 fully saturated rings. The summed E-state index contributed by atoms with van der Waals surface area (Å²) in [5, 5.41) is 3.45. The molecule has 84 valence electrons. The number of aromatic nitrogens is 2. The molecule has 2 atom stereocenters. The lowest BCUT2D eigenvalue weighted by atomic mass is 9.93. The van der Waals surface area contributed by atoms with Crippen molar-refractivity contribution in [2.24, 2.45) is 0 Å². The minimum atomic E-state index is 0.454. The summed E-state index contributed by atoms with van der Waals surface area (Å²) in [5.41, 5.74) is 2.18. The molecule has 0 radical (unpaired) electrons. The van der Waals surface area contributed by atoms with Gasteiger partial charge in [-0.2, -0.15) is 0 Å². The van der Waals surface area contributed by atoms with Crippen LogP contribution in [0.4, 0.5) is 0 Å². The minimum absolute atomic E-state index is 0.454. The number of nitrogens with zero attached hydrogens (tertiary/aromatic N) is 2. The Balaban J connectivity index is 2.87.